The number of Topliss-reactive ketones (excluding diaryl/α,β-unsaturated/α-hetero) is 1. The van der Waals surface area contributed by atoms with Crippen molar-refractivity contribution in [2.24, 2.45) is 0 Å². The summed E-state index contributed by atoms with van der Waals surface area (Å²) in [5.41, 5.74) is 1.79. The minimum absolute atomic E-state index is 0.168. The van der Waals surface area contributed by atoms with E-state index in [2.05, 4.69) is 32.7 Å². The summed E-state index contributed by atoms with van der Waals surface area (Å²) in [6.07, 6.45) is 2.32. The fourth-order valence-electron chi connectivity index (χ4n) is 2.15. The Bertz CT molecular complexity index is 586. The third-order valence-electron chi connectivity index (χ3n) is 3.39. The summed E-state index contributed by atoms with van der Waals surface area (Å²) in [5, 5.41) is 0. The standard InChI is InChI=1S/C17H19BrN2O/c1-2-20(13-14-7-5-6-11-19-14)12-10-17(21)15-8-3-4-9-16(15)18/h3-9,11H,2,10,12-13H2,1H3. The number of pyridine rings is 1. The van der Waals surface area contributed by atoms with Crippen LogP contribution in [-0.4, -0.2) is 28.8 Å². The minimum Gasteiger partial charge on any atom is -0.297 e. The van der Waals surface area contributed by atoms with Gasteiger partial charge in [-0.25, -0.2) is 0 Å². The van der Waals surface area contributed by atoms with Crippen molar-refractivity contribution in [2.75, 3.05) is 13.1 Å². The molecule has 0 aliphatic rings. The Balaban J connectivity index is 1.91. The lowest BCUT2D eigenvalue weighted by Gasteiger charge is -2.19. The molecule has 0 atom stereocenters. The number of nitrogens with zero attached hydrogens (tertiary/aromatic N) is 2. The molecule has 0 N–H and O–H groups in total. The summed E-state index contributed by atoms with van der Waals surface area (Å²) in [6.45, 7) is 4.53. The van der Waals surface area contributed by atoms with Gasteiger partial charge in [-0.05, 0) is 24.7 Å². The van der Waals surface area contributed by atoms with Gasteiger partial charge in [-0.3, -0.25) is 14.7 Å². The van der Waals surface area contributed by atoms with Crippen LogP contribution in [0.2, 0.25) is 0 Å². The molecule has 1 aromatic heterocycles. The average Bonchev–Trinajstić information content (AvgIpc) is 2.52. The van der Waals surface area contributed by atoms with Crippen LogP contribution in [0.3, 0.4) is 0 Å². The van der Waals surface area contributed by atoms with Crippen molar-refractivity contribution >= 4 is 21.7 Å². The molecule has 0 spiro atoms. The highest BCUT2D eigenvalue weighted by atomic mass is 79.9. The number of benzene rings is 1. The topological polar surface area (TPSA) is 33.2 Å². The van der Waals surface area contributed by atoms with Crippen LogP contribution in [-0.2, 0) is 6.54 Å². The third kappa shape index (κ3) is 4.76. The monoisotopic (exact) mass is 346 g/mol. The molecule has 2 aromatic rings. The number of ketones is 1. The fraction of sp³-hybridized carbons (Fsp3) is 0.294. The first-order valence-corrected chi connectivity index (χ1v) is 7.90. The van der Waals surface area contributed by atoms with Gasteiger partial charge in [0.1, 0.15) is 0 Å². The van der Waals surface area contributed by atoms with Gasteiger partial charge < -0.3 is 0 Å². The van der Waals surface area contributed by atoms with E-state index in [0.29, 0.717) is 6.42 Å². The minimum atomic E-state index is 0.168. The molecule has 21 heavy (non-hydrogen) atoms. The molecule has 110 valence electrons. The van der Waals surface area contributed by atoms with Gasteiger partial charge in [0.15, 0.2) is 5.78 Å². The number of hydrogen-bond acceptors (Lipinski definition) is 3. The molecule has 0 unspecified atom stereocenters. The Labute approximate surface area is 134 Å². The molecule has 2 rings (SSSR count). The molecule has 0 aliphatic heterocycles. The van der Waals surface area contributed by atoms with Crippen LogP contribution in [0.1, 0.15) is 29.4 Å². The maximum absolute atomic E-state index is 12.3. The Morgan fingerprint density at radius 1 is 1.19 bits per heavy atom. The molecule has 3 nitrogen and oxygen atoms in total. The molecular weight excluding hydrogens is 328 g/mol. The van der Waals surface area contributed by atoms with Gasteiger partial charge in [0, 0.05) is 35.7 Å². The second kappa shape index (κ2) is 8.05. The first-order chi connectivity index (χ1) is 10.2. The predicted molar refractivity (Wildman–Crippen MR) is 88.3 cm³/mol. The van der Waals surface area contributed by atoms with Gasteiger partial charge >= 0.3 is 0 Å². The fourth-order valence-corrected chi connectivity index (χ4v) is 2.66. The average molecular weight is 347 g/mol. The quantitative estimate of drug-likeness (QED) is 0.712. The van der Waals surface area contributed by atoms with Crippen molar-refractivity contribution < 1.29 is 4.79 Å². The predicted octanol–water partition coefficient (Wildman–Crippen LogP) is 3.94. The number of carbonyl (C=O) groups is 1. The maximum atomic E-state index is 12.3. The van der Waals surface area contributed by atoms with Crippen molar-refractivity contribution in [1.82, 2.24) is 9.88 Å². The second-order valence-electron chi connectivity index (χ2n) is 4.84. The van der Waals surface area contributed by atoms with E-state index in [4.69, 9.17) is 0 Å². The Morgan fingerprint density at radius 2 is 1.95 bits per heavy atom. The Kier molecular flexibility index (Phi) is 6.08. The number of rotatable bonds is 7. The van der Waals surface area contributed by atoms with E-state index >= 15 is 0 Å². The van der Waals surface area contributed by atoms with Gasteiger partial charge in [-0.2, -0.15) is 0 Å². The van der Waals surface area contributed by atoms with Gasteiger partial charge in [0.2, 0.25) is 0 Å². The zero-order chi connectivity index (χ0) is 15.1. The van der Waals surface area contributed by atoms with E-state index in [0.717, 1.165) is 35.4 Å². The number of carbonyl (C=O) groups excluding carboxylic acids is 1. The van der Waals surface area contributed by atoms with E-state index in [1.165, 1.54) is 0 Å². The van der Waals surface area contributed by atoms with E-state index < -0.39 is 0 Å². The number of hydrogen-bond donors (Lipinski definition) is 0. The number of aromatic nitrogens is 1. The molecule has 1 aromatic carbocycles. The normalized spacial score (nSPS) is 10.8. The van der Waals surface area contributed by atoms with Crippen LogP contribution >= 0.6 is 15.9 Å². The van der Waals surface area contributed by atoms with Gasteiger partial charge in [-0.1, -0.05) is 47.1 Å². The third-order valence-corrected chi connectivity index (χ3v) is 4.08. The summed E-state index contributed by atoms with van der Waals surface area (Å²) in [6, 6.07) is 13.5. The molecular formula is C17H19BrN2O. The summed E-state index contributed by atoms with van der Waals surface area (Å²) in [5.74, 6) is 0.168. The van der Waals surface area contributed by atoms with E-state index in [1.807, 2.05) is 42.5 Å². The van der Waals surface area contributed by atoms with Gasteiger partial charge in [0.05, 0.1) is 5.69 Å². The molecule has 0 saturated carbocycles. The molecule has 0 saturated heterocycles. The van der Waals surface area contributed by atoms with Gasteiger partial charge in [-0.15, -0.1) is 0 Å². The molecule has 0 amide bonds. The molecule has 0 aliphatic carbocycles. The van der Waals surface area contributed by atoms with Crippen LogP contribution in [0.5, 0.6) is 0 Å². The van der Waals surface area contributed by atoms with Crippen LogP contribution in [0.15, 0.2) is 53.1 Å². The lowest BCUT2D eigenvalue weighted by atomic mass is 10.1. The van der Waals surface area contributed by atoms with E-state index in [1.54, 1.807) is 6.20 Å². The highest BCUT2D eigenvalue weighted by molar-refractivity contribution is 9.10. The zero-order valence-corrected chi connectivity index (χ0v) is 13.7. The van der Waals surface area contributed by atoms with Crippen LogP contribution in [0.4, 0.5) is 0 Å². The van der Waals surface area contributed by atoms with Crippen LogP contribution < -0.4 is 0 Å². The lowest BCUT2D eigenvalue weighted by molar-refractivity contribution is 0.0962. The molecule has 0 bridgehead atoms. The van der Waals surface area contributed by atoms with Crippen molar-refractivity contribution in [3.63, 3.8) is 0 Å². The largest absolute Gasteiger partial charge is 0.297 e. The van der Waals surface area contributed by atoms with Crippen LogP contribution in [0.25, 0.3) is 0 Å². The highest BCUT2D eigenvalue weighted by Crippen LogP contribution is 2.17. The molecule has 1 heterocycles. The Hall–Kier alpha value is -1.52. The van der Waals surface area contributed by atoms with Crippen molar-refractivity contribution in [3.8, 4) is 0 Å². The van der Waals surface area contributed by atoms with Crippen molar-refractivity contribution in [1.29, 1.82) is 0 Å². The SMILES string of the molecule is CCN(CCC(=O)c1ccccc1Br)Cc1ccccn1. The summed E-state index contributed by atoms with van der Waals surface area (Å²) in [4.78, 5) is 18.8. The van der Waals surface area contributed by atoms with Gasteiger partial charge in [0.25, 0.3) is 0 Å². The molecule has 4 heteroatoms. The summed E-state index contributed by atoms with van der Waals surface area (Å²) >= 11 is 3.43. The first kappa shape index (κ1) is 15.9. The summed E-state index contributed by atoms with van der Waals surface area (Å²) in [7, 11) is 0. The highest BCUT2D eigenvalue weighted by Gasteiger charge is 2.12. The second-order valence-corrected chi connectivity index (χ2v) is 5.70. The first-order valence-electron chi connectivity index (χ1n) is 7.10. The van der Waals surface area contributed by atoms with Crippen molar-refractivity contribution in [2.45, 2.75) is 19.9 Å². The smallest absolute Gasteiger partial charge is 0.165 e. The Morgan fingerprint density at radius 3 is 2.62 bits per heavy atom. The number of halogens is 1. The lowest BCUT2D eigenvalue weighted by Crippen LogP contribution is -2.26. The zero-order valence-electron chi connectivity index (χ0n) is 12.1. The molecule has 0 radical (unpaired) electrons. The van der Waals surface area contributed by atoms with Crippen LogP contribution in [0, 0.1) is 0 Å². The summed E-state index contributed by atoms with van der Waals surface area (Å²) < 4.78 is 0.864. The van der Waals surface area contributed by atoms with E-state index in [9.17, 15) is 4.79 Å². The maximum Gasteiger partial charge on any atom is 0.165 e. The molecule has 0 fully saturated rings. The van der Waals surface area contributed by atoms with Crippen molar-refractivity contribution in [3.05, 3.63) is 64.4 Å². The van der Waals surface area contributed by atoms with E-state index in [-0.39, 0.29) is 5.78 Å².